The van der Waals surface area contributed by atoms with Crippen LogP contribution in [0.3, 0.4) is 0 Å². The van der Waals surface area contributed by atoms with Crippen LogP contribution < -0.4 is 11.1 Å². The second kappa shape index (κ2) is 6.30. The topological polar surface area (TPSA) is 55.1 Å². The molecule has 1 amide bonds. The molecule has 0 saturated heterocycles. The van der Waals surface area contributed by atoms with E-state index in [2.05, 4.69) is 12.2 Å². The lowest BCUT2D eigenvalue weighted by Gasteiger charge is -2.06. The Bertz CT molecular complexity index is 437. The quantitative estimate of drug-likeness (QED) is 0.836. The number of carbonyl (C=O) groups is 1. The SMILES string of the molecule is CCCC1CC1NC(=O)c1ccc(N)cc1Cl.Cl. The summed E-state index contributed by atoms with van der Waals surface area (Å²) in [4.78, 5) is 11.9. The first kappa shape index (κ1) is 15.1. The smallest absolute Gasteiger partial charge is 0.253 e. The minimum Gasteiger partial charge on any atom is -0.399 e. The summed E-state index contributed by atoms with van der Waals surface area (Å²) in [5.74, 6) is 0.551. The average molecular weight is 289 g/mol. The summed E-state index contributed by atoms with van der Waals surface area (Å²) < 4.78 is 0. The fourth-order valence-corrected chi connectivity index (χ4v) is 2.35. The molecule has 3 nitrogen and oxygen atoms in total. The van der Waals surface area contributed by atoms with Crippen LogP contribution in [0.25, 0.3) is 0 Å². The predicted octanol–water partition coefficient (Wildman–Crippen LogP) is 3.26. The van der Waals surface area contributed by atoms with Crippen molar-refractivity contribution in [3.05, 3.63) is 28.8 Å². The number of hydrogen-bond donors (Lipinski definition) is 2. The fraction of sp³-hybridized carbons (Fsp3) is 0.462. The number of nitrogen functional groups attached to an aromatic ring is 1. The van der Waals surface area contributed by atoms with Gasteiger partial charge in [0.1, 0.15) is 0 Å². The standard InChI is InChI=1S/C13H17ClN2O.ClH/c1-2-3-8-6-12(8)16-13(17)10-5-4-9(15)7-11(10)14;/h4-5,7-8,12H,2-3,6,15H2,1H3,(H,16,17);1H. The number of hydrogen-bond acceptors (Lipinski definition) is 2. The summed E-state index contributed by atoms with van der Waals surface area (Å²) in [5, 5.41) is 3.41. The highest BCUT2D eigenvalue weighted by Gasteiger charge is 2.37. The van der Waals surface area contributed by atoms with Crippen LogP contribution in [0.15, 0.2) is 18.2 Å². The molecule has 3 N–H and O–H groups in total. The first-order valence-electron chi connectivity index (χ1n) is 5.97. The number of rotatable bonds is 4. The van der Waals surface area contributed by atoms with Gasteiger partial charge in [-0.15, -0.1) is 12.4 Å². The molecule has 0 radical (unpaired) electrons. The molecule has 0 heterocycles. The number of benzene rings is 1. The molecule has 1 fully saturated rings. The number of halogens is 2. The summed E-state index contributed by atoms with van der Waals surface area (Å²) in [7, 11) is 0. The molecule has 0 bridgehead atoms. The molecule has 1 aromatic rings. The van der Waals surface area contributed by atoms with E-state index in [1.54, 1.807) is 18.2 Å². The van der Waals surface area contributed by atoms with Gasteiger partial charge in [0.15, 0.2) is 0 Å². The first-order valence-corrected chi connectivity index (χ1v) is 6.35. The van der Waals surface area contributed by atoms with Crippen LogP contribution in [0.2, 0.25) is 5.02 Å². The molecule has 1 saturated carbocycles. The van der Waals surface area contributed by atoms with Gasteiger partial charge in [-0.2, -0.15) is 0 Å². The van der Waals surface area contributed by atoms with Crippen molar-refractivity contribution in [1.82, 2.24) is 5.32 Å². The van der Waals surface area contributed by atoms with E-state index in [4.69, 9.17) is 17.3 Å². The summed E-state index contributed by atoms with van der Waals surface area (Å²) in [6, 6.07) is 5.30. The normalized spacial score (nSPS) is 21.0. The zero-order valence-electron chi connectivity index (χ0n) is 10.3. The fourth-order valence-electron chi connectivity index (χ4n) is 2.08. The lowest BCUT2D eigenvalue weighted by Crippen LogP contribution is -2.27. The zero-order chi connectivity index (χ0) is 12.4. The van der Waals surface area contributed by atoms with E-state index < -0.39 is 0 Å². The van der Waals surface area contributed by atoms with E-state index in [9.17, 15) is 4.79 Å². The van der Waals surface area contributed by atoms with Crippen molar-refractivity contribution >= 4 is 35.6 Å². The summed E-state index contributed by atoms with van der Waals surface area (Å²) in [5.41, 5.74) is 6.66. The Morgan fingerprint density at radius 2 is 2.28 bits per heavy atom. The third-order valence-electron chi connectivity index (χ3n) is 3.14. The highest BCUT2D eigenvalue weighted by atomic mass is 35.5. The maximum Gasteiger partial charge on any atom is 0.253 e. The Labute approximate surface area is 118 Å². The molecule has 2 unspecified atom stereocenters. The monoisotopic (exact) mass is 288 g/mol. The minimum atomic E-state index is -0.0985. The van der Waals surface area contributed by atoms with E-state index in [1.807, 2.05) is 0 Å². The first-order chi connectivity index (χ1) is 8.11. The van der Waals surface area contributed by atoms with Gasteiger partial charge in [-0.3, -0.25) is 4.79 Å². The van der Waals surface area contributed by atoms with E-state index in [-0.39, 0.29) is 18.3 Å². The van der Waals surface area contributed by atoms with Crippen LogP contribution in [-0.2, 0) is 0 Å². The number of amides is 1. The molecule has 2 rings (SSSR count). The van der Waals surface area contributed by atoms with Crippen LogP contribution in [-0.4, -0.2) is 11.9 Å². The Kier molecular flexibility index (Phi) is 5.29. The Balaban J connectivity index is 0.00000162. The van der Waals surface area contributed by atoms with Crippen LogP contribution in [0.1, 0.15) is 36.5 Å². The van der Waals surface area contributed by atoms with Gasteiger partial charge in [-0.05, 0) is 37.0 Å². The summed E-state index contributed by atoms with van der Waals surface area (Å²) >= 11 is 5.98. The van der Waals surface area contributed by atoms with Crippen molar-refractivity contribution in [3.8, 4) is 0 Å². The van der Waals surface area contributed by atoms with Crippen LogP contribution in [0, 0.1) is 5.92 Å². The van der Waals surface area contributed by atoms with Gasteiger partial charge in [-0.25, -0.2) is 0 Å². The molecule has 0 aliphatic heterocycles. The maximum absolute atomic E-state index is 11.9. The van der Waals surface area contributed by atoms with Gasteiger partial charge in [0.25, 0.3) is 5.91 Å². The molecule has 5 heteroatoms. The Hall–Kier alpha value is -0.930. The van der Waals surface area contributed by atoms with Gasteiger partial charge in [0, 0.05) is 11.7 Å². The number of nitrogens with one attached hydrogen (secondary N) is 1. The van der Waals surface area contributed by atoms with Crippen molar-refractivity contribution in [3.63, 3.8) is 0 Å². The molecule has 1 aromatic carbocycles. The Morgan fingerprint density at radius 1 is 1.56 bits per heavy atom. The molecular weight excluding hydrogens is 271 g/mol. The predicted molar refractivity (Wildman–Crippen MR) is 77.4 cm³/mol. The van der Waals surface area contributed by atoms with Crippen LogP contribution in [0.5, 0.6) is 0 Å². The van der Waals surface area contributed by atoms with Crippen molar-refractivity contribution in [2.75, 3.05) is 5.73 Å². The summed E-state index contributed by atoms with van der Waals surface area (Å²) in [6.45, 7) is 2.16. The van der Waals surface area contributed by atoms with E-state index in [0.29, 0.717) is 28.2 Å². The number of anilines is 1. The van der Waals surface area contributed by atoms with Gasteiger partial charge < -0.3 is 11.1 Å². The molecule has 1 aliphatic carbocycles. The van der Waals surface area contributed by atoms with E-state index >= 15 is 0 Å². The molecular formula is C13H18Cl2N2O. The molecule has 100 valence electrons. The van der Waals surface area contributed by atoms with Crippen LogP contribution in [0.4, 0.5) is 5.69 Å². The zero-order valence-corrected chi connectivity index (χ0v) is 11.9. The molecule has 2 atom stereocenters. The Morgan fingerprint density at radius 3 is 2.89 bits per heavy atom. The molecule has 1 aliphatic rings. The average Bonchev–Trinajstić information content (AvgIpc) is 2.96. The largest absolute Gasteiger partial charge is 0.399 e. The molecule has 0 aromatic heterocycles. The van der Waals surface area contributed by atoms with Gasteiger partial charge in [0.05, 0.1) is 10.6 Å². The van der Waals surface area contributed by atoms with Crippen molar-refractivity contribution in [2.45, 2.75) is 32.2 Å². The lowest BCUT2D eigenvalue weighted by atomic mass is 10.2. The van der Waals surface area contributed by atoms with Crippen molar-refractivity contribution in [2.24, 2.45) is 5.92 Å². The third kappa shape index (κ3) is 3.53. The van der Waals surface area contributed by atoms with E-state index in [1.165, 1.54) is 12.8 Å². The third-order valence-corrected chi connectivity index (χ3v) is 3.45. The summed E-state index contributed by atoms with van der Waals surface area (Å²) in [6.07, 6.45) is 3.44. The second-order valence-corrected chi connectivity index (χ2v) is 5.01. The molecule has 0 spiro atoms. The van der Waals surface area contributed by atoms with Crippen molar-refractivity contribution in [1.29, 1.82) is 0 Å². The van der Waals surface area contributed by atoms with Gasteiger partial charge >= 0.3 is 0 Å². The number of carbonyl (C=O) groups excluding carboxylic acids is 1. The van der Waals surface area contributed by atoms with Crippen molar-refractivity contribution < 1.29 is 4.79 Å². The molecule has 18 heavy (non-hydrogen) atoms. The highest BCUT2D eigenvalue weighted by Crippen LogP contribution is 2.35. The van der Waals surface area contributed by atoms with E-state index in [0.717, 1.165) is 6.42 Å². The van der Waals surface area contributed by atoms with Crippen LogP contribution >= 0.6 is 24.0 Å². The second-order valence-electron chi connectivity index (χ2n) is 4.60. The minimum absolute atomic E-state index is 0. The van der Waals surface area contributed by atoms with Gasteiger partial charge in [0.2, 0.25) is 0 Å². The number of nitrogens with two attached hydrogens (primary N) is 1. The van der Waals surface area contributed by atoms with Gasteiger partial charge in [-0.1, -0.05) is 24.9 Å². The maximum atomic E-state index is 11.9. The lowest BCUT2D eigenvalue weighted by molar-refractivity contribution is 0.0949. The highest BCUT2D eigenvalue weighted by molar-refractivity contribution is 6.34.